The van der Waals surface area contributed by atoms with Gasteiger partial charge >= 0.3 is 0 Å². The number of halogens is 1. The van der Waals surface area contributed by atoms with Gasteiger partial charge in [-0.15, -0.1) is 11.6 Å². The van der Waals surface area contributed by atoms with E-state index in [9.17, 15) is 0 Å². The second kappa shape index (κ2) is 7.46. The highest BCUT2D eigenvalue weighted by atomic mass is 35.5. The van der Waals surface area contributed by atoms with Crippen LogP contribution in [0.5, 0.6) is 11.6 Å². The summed E-state index contributed by atoms with van der Waals surface area (Å²) in [4.78, 5) is 4.56. The van der Waals surface area contributed by atoms with Gasteiger partial charge in [-0.05, 0) is 41.7 Å². The first kappa shape index (κ1) is 15.8. The smallest absolute Gasteiger partial charge is 0.219 e. The van der Waals surface area contributed by atoms with Crippen LogP contribution < -0.4 is 4.74 Å². The summed E-state index contributed by atoms with van der Waals surface area (Å²) in [6.07, 6.45) is 1.99. The molecule has 0 saturated carbocycles. The summed E-state index contributed by atoms with van der Waals surface area (Å²) < 4.78 is 5.93. The Morgan fingerprint density at radius 1 is 1.19 bits per heavy atom. The molecule has 0 spiro atoms. The molecule has 2 rings (SSSR count). The van der Waals surface area contributed by atoms with Gasteiger partial charge in [-0.1, -0.05) is 39.3 Å². The van der Waals surface area contributed by atoms with Crippen LogP contribution in [0.2, 0.25) is 0 Å². The Balaban J connectivity index is 2.25. The average molecular weight is 304 g/mol. The SMILES string of the molecule is CCCc1cc(CCl)cc(Oc2cccc(C(C)C)c2)n1. The van der Waals surface area contributed by atoms with Gasteiger partial charge in [0, 0.05) is 17.6 Å². The van der Waals surface area contributed by atoms with Gasteiger partial charge in [0.1, 0.15) is 5.75 Å². The molecule has 0 aliphatic heterocycles. The molecule has 0 unspecified atom stereocenters. The van der Waals surface area contributed by atoms with Gasteiger partial charge < -0.3 is 4.74 Å². The predicted octanol–water partition coefficient (Wildman–Crippen LogP) is 5.69. The van der Waals surface area contributed by atoms with Gasteiger partial charge in [-0.3, -0.25) is 0 Å². The number of ether oxygens (including phenoxy) is 1. The van der Waals surface area contributed by atoms with Crippen molar-refractivity contribution in [3.05, 3.63) is 53.2 Å². The number of aromatic nitrogens is 1. The van der Waals surface area contributed by atoms with Crippen LogP contribution in [0.3, 0.4) is 0 Å². The Kier molecular flexibility index (Phi) is 5.63. The molecule has 0 bridgehead atoms. The van der Waals surface area contributed by atoms with Crippen molar-refractivity contribution in [2.75, 3.05) is 0 Å². The summed E-state index contributed by atoms with van der Waals surface area (Å²) in [5, 5.41) is 0. The van der Waals surface area contributed by atoms with E-state index in [2.05, 4.69) is 37.9 Å². The number of nitrogens with zero attached hydrogens (tertiary/aromatic N) is 1. The Labute approximate surface area is 132 Å². The summed E-state index contributed by atoms with van der Waals surface area (Å²) in [5.74, 6) is 2.40. The number of hydrogen-bond acceptors (Lipinski definition) is 2. The highest BCUT2D eigenvalue weighted by Gasteiger charge is 2.06. The minimum absolute atomic E-state index is 0.474. The minimum Gasteiger partial charge on any atom is -0.439 e. The maximum Gasteiger partial charge on any atom is 0.219 e. The van der Waals surface area contributed by atoms with Gasteiger partial charge in [-0.2, -0.15) is 0 Å². The van der Waals surface area contributed by atoms with Crippen LogP contribution in [0.25, 0.3) is 0 Å². The van der Waals surface area contributed by atoms with Crippen molar-refractivity contribution in [1.29, 1.82) is 0 Å². The lowest BCUT2D eigenvalue weighted by atomic mass is 10.0. The molecule has 1 aromatic heterocycles. The van der Waals surface area contributed by atoms with Crippen LogP contribution in [0.15, 0.2) is 36.4 Å². The minimum atomic E-state index is 0.474. The van der Waals surface area contributed by atoms with Gasteiger partial charge in [0.15, 0.2) is 0 Å². The Morgan fingerprint density at radius 3 is 2.67 bits per heavy atom. The Morgan fingerprint density at radius 2 is 2.00 bits per heavy atom. The van der Waals surface area contributed by atoms with Crippen molar-refractivity contribution < 1.29 is 4.74 Å². The molecule has 0 aliphatic carbocycles. The van der Waals surface area contributed by atoms with Crippen molar-refractivity contribution >= 4 is 11.6 Å². The second-order valence-electron chi connectivity index (χ2n) is 5.52. The zero-order valence-corrected chi connectivity index (χ0v) is 13.7. The van der Waals surface area contributed by atoms with Crippen LogP contribution >= 0.6 is 11.6 Å². The van der Waals surface area contributed by atoms with E-state index in [1.165, 1.54) is 5.56 Å². The fourth-order valence-corrected chi connectivity index (χ4v) is 2.35. The van der Waals surface area contributed by atoms with Gasteiger partial charge in [0.2, 0.25) is 5.88 Å². The molecule has 0 amide bonds. The largest absolute Gasteiger partial charge is 0.439 e. The molecule has 0 fully saturated rings. The molecule has 3 heteroatoms. The fraction of sp³-hybridized carbons (Fsp3) is 0.389. The average Bonchev–Trinajstić information content (AvgIpc) is 2.47. The van der Waals surface area contributed by atoms with Crippen molar-refractivity contribution in [3.63, 3.8) is 0 Å². The van der Waals surface area contributed by atoms with Crippen molar-refractivity contribution in [2.45, 2.75) is 45.4 Å². The Bertz CT molecular complexity index is 596. The number of alkyl halides is 1. The third-order valence-corrected chi connectivity index (χ3v) is 3.63. The molecular weight excluding hydrogens is 282 g/mol. The molecule has 0 N–H and O–H groups in total. The first-order valence-electron chi connectivity index (χ1n) is 7.46. The standard InChI is InChI=1S/C18H22ClNO/c1-4-6-16-9-14(12-19)10-18(20-16)21-17-8-5-7-15(11-17)13(2)3/h5,7-11,13H,4,6,12H2,1-3H3. The first-order valence-corrected chi connectivity index (χ1v) is 7.99. The molecule has 2 aromatic rings. The molecule has 1 aromatic carbocycles. The summed E-state index contributed by atoms with van der Waals surface area (Å²) in [6, 6.07) is 12.1. The highest BCUT2D eigenvalue weighted by Crippen LogP contribution is 2.25. The van der Waals surface area contributed by atoms with E-state index in [4.69, 9.17) is 16.3 Å². The van der Waals surface area contributed by atoms with Crippen LogP contribution in [0, 0.1) is 0 Å². The normalized spacial score (nSPS) is 10.9. The van der Waals surface area contributed by atoms with E-state index in [1.54, 1.807) is 0 Å². The van der Waals surface area contributed by atoms with E-state index < -0.39 is 0 Å². The van der Waals surface area contributed by atoms with E-state index >= 15 is 0 Å². The molecule has 112 valence electrons. The lowest BCUT2D eigenvalue weighted by Crippen LogP contribution is -1.96. The molecule has 0 saturated heterocycles. The Hall–Kier alpha value is -1.54. The summed E-state index contributed by atoms with van der Waals surface area (Å²) in [5.41, 5.74) is 3.34. The molecule has 0 radical (unpaired) electrons. The molecule has 0 atom stereocenters. The third-order valence-electron chi connectivity index (χ3n) is 3.32. The number of rotatable bonds is 6. The molecular formula is C18H22ClNO. The zero-order chi connectivity index (χ0) is 15.2. The van der Waals surface area contributed by atoms with E-state index in [0.717, 1.165) is 29.8 Å². The third kappa shape index (κ3) is 4.47. The zero-order valence-electron chi connectivity index (χ0n) is 12.9. The monoisotopic (exact) mass is 303 g/mol. The lowest BCUT2D eigenvalue weighted by Gasteiger charge is -2.11. The number of aryl methyl sites for hydroxylation is 1. The van der Waals surface area contributed by atoms with Crippen LogP contribution in [0.4, 0.5) is 0 Å². The van der Waals surface area contributed by atoms with Crippen molar-refractivity contribution in [2.24, 2.45) is 0 Å². The van der Waals surface area contributed by atoms with Crippen LogP contribution in [-0.2, 0) is 12.3 Å². The van der Waals surface area contributed by atoms with Crippen molar-refractivity contribution in [1.82, 2.24) is 4.98 Å². The quantitative estimate of drug-likeness (QED) is 0.640. The van der Waals surface area contributed by atoms with Gasteiger partial charge in [0.25, 0.3) is 0 Å². The molecule has 1 heterocycles. The fourth-order valence-electron chi connectivity index (χ4n) is 2.19. The second-order valence-corrected chi connectivity index (χ2v) is 5.79. The van der Waals surface area contributed by atoms with Gasteiger partial charge in [0.05, 0.1) is 0 Å². The number of pyridine rings is 1. The molecule has 21 heavy (non-hydrogen) atoms. The highest BCUT2D eigenvalue weighted by molar-refractivity contribution is 6.17. The van der Waals surface area contributed by atoms with E-state index in [0.29, 0.717) is 17.7 Å². The predicted molar refractivity (Wildman–Crippen MR) is 88.4 cm³/mol. The maximum absolute atomic E-state index is 5.96. The summed E-state index contributed by atoms with van der Waals surface area (Å²) >= 11 is 5.96. The number of hydrogen-bond donors (Lipinski definition) is 0. The summed E-state index contributed by atoms with van der Waals surface area (Å²) in [7, 11) is 0. The summed E-state index contributed by atoms with van der Waals surface area (Å²) in [6.45, 7) is 6.48. The van der Waals surface area contributed by atoms with Crippen molar-refractivity contribution in [3.8, 4) is 11.6 Å². The van der Waals surface area contributed by atoms with Gasteiger partial charge in [-0.25, -0.2) is 4.98 Å². The lowest BCUT2D eigenvalue weighted by molar-refractivity contribution is 0.459. The van der Waals surface area contributed by atoms with Crippen LogP contribution in [-0.4, -0.2) is 4.98 Å². The molecule has 2 nitrogen and oxygen atoms in total. The maximum atomic E-state index is 5.96. The first-order chi connectivity index (χ1) is 10.1. The number of benzene rings is 1. The van der Waals surface area contributed by atoms with E-state index in [1.807, 2.05) is 24.3 Å². The van der Waals surface area contributed by atoms with Crippen LogP contribution in [0.1, 0.15) is 49.9 Å². The van der Waals surface area contributed by atoms with E-state index in [-0.39, 0.29) is 0 Å². The topological polar surface area (TPSA) is 22.1 Å². The molecule has 0 aliphatic rings.